The van der Waals surface area contributed by atoms with E-state index in [-0.39, 0.29) is 33.9 Å². The third kappa shape index (κ3) is 8.47. The second-order valence-corrected chi connectivity index (χ2v) is 25.7. The van der Waals surface area contributed by atoms with E-state index in [1.54, 1.807) is 4.57 Å². The van der Waals surface area contributed by atoms with Crippen LogP contribution in [0.4, 0.5) is 34.1 Å². The predicted octanol–water partition coefficient (Wildman–Crippen LogP) is 21.3. The van der Waals surface area contributed by atoms with E-state index in [1.165, 1.54) is 0 Å². The Morgan fingerprint density at radius 1 is 0.372 bits per heavy atom. The molecule has 18 rings (SSSR count). The van der Waals surface area contributed by atoms with Crippen LogP contribution in [-0.4, -0.2) is 11.3 Å². The Labute approximate surface area is 560 Å². The lowest BCUT2D eigenvalue weighted by Crippen LogP contribution is -2.62. The fourth-order valence-corrected chi connectivity index (χ4v) is 15.4. The third-order valence-corrected chi connectivity index (χ3v) is 19.5. The first-order valence-corrected chi connectivity index (χ1v) is 32.1. The molecule has 5 heteroatoms. The van der Waals surface area contributed by atoms with Crippen LogP contribution >= 0.6 is 0 Å². The summed E-state index contributed by atoms with van der Waals surface area (Å²) >= 11 is 0. The highest BCUT2D eigenvalue weighted by Gasteiger charge is 2.51. The minimum absolute atomic E-state index is 0.00371. The van der Waals surface area contributed by atoms with Gasteiger partial charge in [0.05, 0.1) is 38.8 Å². The van der Waals surface area contributed by atoms with Gasteiger partial charge < -0.3 is 19.1 Å². The van der Waals surface area contributed by atoms with Gasteiger partial charge in [-0.1, -0.05) is 306 Å². The third-order valence-electron chi connectivity index (χ3n) is 19.5. The van der Waals surface area contributed by atoms with Crippen molar-refractivity contribution in [2.45, 2.75) is 31.6 Å². The maximum atomic E-state index is 9.81. The first-order valence-electron chi connectivity index (χ1n) is 36.1. The summed E-state index contributed by atoms with van der Waals surface area (Å²) in [6.07, 6.45) is 0. The molecule has 0 unspecified atom stereocenters. The van der Waals surface area contributed by atoms with Crippen LogP contribution in [0.1, 0.15) is 59.6 Å². The monoisotopic (exact) mass is 1210 g/mol. The van der Waals surface area contributed by atoms with Crippen molar-refractivity contribution < 1.29 is 15.7 Å². The summed E-state index contributed by atoms with van der Waals surface area (Å²) < 4.78 is 84.5. The fraction of sp³-hybridized carbons (Fsp3) is 0.0562. The molecule has 14 aromatic carbocycles. The molecule has 3 aliphatic rings. The largest absolute Gasteiger partial charge is 0.457 e. The molecule has 444 valence electrons. The number of nitrogens with zero attached hydrogens (tertiary/aromatic N) is 3. The molecule has 94 heavy (non-hydrogen) atoms. The van der Waals surface area contributed by atoms with Crippen LogP contribution in [0, 0.1) is 0 Å². The lowest BCUT2D eigenvalue weighted by Gasteiger charge is -2.48. The van der Waals surface area contributed by atoms with Gasteiger partial charge in [-0.25, -0.2) is 0 Å². The first-order chi connectivity index (χ1) is 49.6. The highest BCUT2D eigenvalue weighted by molar-refractivity contribution is 7.00. The molecule has 4 nitrogen and oxygen atoms in total. The van der Waals surface area contributed by atoms with Gasteiger partial charge in [0.25, 0.3) is 6.71 Å². The van der Waals surface area contributed by atoms with Crippen molar-refractivity contribution in [2.75, 3.05) is 9.80 Å². The maximum absolute atomic E-state index is 9.81. The SMILES string of the molecule is [2H]c1c([2H])c([2H])c2c(c1[2H])c1c([2H])c([2H])c([2H])c([2H])c1n2-c1ccc2c(c1)N(c1c(-c3ccccc3)cccc1-c1ccccc1)c1cc(C(C)(C)C)cc3c1B2c1cc2c(cc1N3c1c(-c3ccccc3)cccc1-c1ccccc1)Oc1ccccc1C2(c1ccccc1)c1ccccc1. The molecule has 0 radical (unpaired) electrons. The second-order valence-electron chi connectivity index (χ2n) is 25.7. The number of para-hydroxylation sites is 5. The average molecular weight is 1210 g/mol. The number of rotatable bonds is 9. The van der Waals surface area contributed by atoms with Gasteiger partial charge in [-0.05, 0) is 103 Å². The zero-order valence-electron chi connectivity index (χ0n) is 60.0. The number of aromatic nitrogens is 1. The van der Waals surface area contributed by atoms with Gasteiger partial charge in [0, 0.05) is 78.7 Å². The van der Waals surface area contributed by atoms with Crippen LogP contribution in [0.25, 0.3) is 72.0 Å². The quantitative estimate of drug-likeness (QED) is 0.134. The van der Waals surface area contributed by atoms with E-state index in [1.807, 2.05) is 24.3 Å². The Hall–Kier alpha value is -11.7. The summed E-state index contributed by atoms with van der Waals surface area (Å²) in [5, 5.41) is 0.00742. The van der Waals surface area contributed by atoms with E-state index in [0.29, 0.717) is 11.4 Å². The molecule has 0 amide bonds. The summed E-state index contributed by atoms with van der Waals surface area (Å²) in [4.78, 5) is 4.95. The van der Waals surface area contributed by atoms with Gasteiger partial charge in [-0.2, -0.15) is 0 Å². The van der Waals surface area contributed by atoms with Gasteiger partial charge in [0.1, 0.15) is 11.5 Å². The molecule has 15 aromatic rings. The maximum Gasteiger partial charge on any atom is 0.252 e. The Bertz CT molecular complexity index is 5720. The van der Waals surface area contributed by atoms with Gasteiger partial charge >= 0.3 is 0 Å². The van der Waals surface area contributed by atoms with Crippen LogP contribution in [0.3, 0.4) is 0 Å². The molecular formula is C89H64BN3O. The predicted molar refractivity (Wildman–Crippen MR) is 394 cm³/mol. The number of fused-ring (bicyclic) bond motifs is 9. The van der Waals surface area contributed by atoms with E-state index in [9.17, 15) is 8.22 Å². The van der Waals surface area contributed by atoms with Crippen molar-refractivity contribution in [2.24, 2.45) is 0 Å². The summed E-state index contributed by atoms with van der Waals surface area (Å²) in [6.45, 7) is 6.23. The summed E-state index contributed by atoms with van der Waals surface area (Å²) in [6, 6.07) is 97.5. The van der Waals surface area contributed by atoms with Crippen molar-refractivity contribution in [1.29, 1.82) is 0 Å². The number of ether oxygens (including phenoxy) is 1. The normalized spacial score (nSPS) is 14.6. The average Bonchev–Trinajstić information content (AvgIpc) is 0.694. The molecule has 3 aliphatic heterocycles. The molecule has 0 atom stereocenters. The minimum Gasteiger partial charge on any atom is -0.457 e. The Kier molecular flexibility index (Phi) is 10.9. The molecule has 0 N–H and O–H groups in total. The smallest absolute Gasteiger partial charge is 0.252 e. The van der Waals surface area contributed by atoms with Crippen LogP contribution < -0.4 is 30.9 Å². The zero-order valence-corrected chi connectivity index (χ0v) is 52.0. The molecule has 0 bridgehead atoms. The highest BCUT2D eigenvalue weighted by Crippen LogP contribution is 2.59. The number of hydrogen-bond acceptors (Lipinski definition) is 3. The topological polar surface area (TPSA) is 20.6 Å². The number of anilines is 6. The van der Waals surface area contributed by atoms with Crippen LogP contribution in [0.15, 0.2) is 333 Å². The lowest BCUT2D eigenvalue weighted by atomic mass is 9.33. The number of hydrogen-bond donors (Lipinski definition) is 0. The van der Waals surface area contributed by atoms with E-state index in [4.69, 9.17) is 7.48 Å². The Balaban J connectivity index is 1.06. The van der Waals surface area contributed by atoms with Gasteiger partial charge in [0.15, 0.2) is 0 Å². The molecule has 0 spiro atoms. The van der Waals surface area contributed by atoms with Crippen molar-refractivity contribution in [3.8, 4) is 61.7 Å². The fourth-order valence-electron chi connectivity index (χ4n) is 15.4. The van der Waals surface area contributed by atoms with E-state index in [2.05, 4.69) is 291 Å². The van der Waals surface area contributed by atoms with Crippen molar-refractivity contribution >= 4 is 79.0 Å². The molecule has 4 heterocycles. The van der Waals surface area contributed by atoms with Gasteiger partial charge in [0.2, 0.25) is 0 Å². The van der Waals surface area contributed by atoms with Crippen molar-refractivity contribution in [3.63, 3.8) is 0 Å². The zero-order chi connectivity index (χ0) is 69.6. The standard InChI is InChI=1S/C89H64BN3O/c1-88(2,3)65-54-81-85-82(55-65)93(87-69(61-34-14-6-15-35-61)46-29-47-70(87)62-36-16-7-17-37-62)80-58-84-74(89(63-38-18-8-19-39-63,64-40-20-9-21-41-64)73-48-24-27-51-83(73)94-84)57-76(80)90(85)75-53-52-66(91-77-49-25-22-42-71(77)72-43-23-26-50-78(72)91)56-79(75)92(81)86-67(59-30-10-4-11-31-59)44-28-45-68(86)60-32-12-5-13-33-60/h4-58H,1-3H3/i22D,23D,25D,26D,42D,43D,49D,50D. The molecular weight excluding hydrogens is 1140 g/mol. The van der Waals surface area contributed by atoms with E-state index in [0.717, 1.165) is 129 Å². The highest BCUT2D eigenvalue weighted by atomic mass is 16.5. The van der Waals surface area contributed by atoms with Crippen molar-refractivity contribution in [3.05, 3.63) is 361 Å². The molecule has 1 aromatic heterocycles. The van der Waals surface area contributed by atoms with Crippen LogP contribution in [0.2, 0.25) is 0 Å². The van der Waals surface area contributed by atoms with Gasteiger partial charge in [-0.15, -0.1) is 0 Å². The van der Waals surface area contributed by atoms with E-state index >= 15 is 0 Å². The molecule has 0 saturated heterocycles. The first kappa shape index (κ1) is 47.3. The minimum atomic E-state index is -0.938. The Morgan fingerprint density at radius 3 is 1.27 bits per heavy atom. The summed E-state index contributed by atoms with van der Waals surface area (Å²) in [5.41, 5.74) is 20.4. The molecule has 0 aliphatic carbocycles. The van der Waals surface area contributed by atoms with Crippen LogP contribution in [-0.2, 0) is 10.8 Å². The summed E-state index contributed by atoms with van der Waals surface area (Å²) in [5.74, 6) is 1.43. The van der Waals surface area contributed by atoms with Crippen molar-refractivity contribution in [1.82, 2.24) is 4.57 Å². The molecule has 0 saturated carbocycles. The Morgan fingerprint density at radius 2 is 0.798 bits per heavy atom. The summed E-state index contributed by atoms with van der Waals surface area (Å²) in [7, 11) is 0. The van der Waals surface area contributed by atoms with Crippen LogP contribution in [0.5, 0.6) is 11.5 Å². The number of benzene rings is 14. The van der Waals surface area contributed by atoms with E-state index < -0.39 is 53.8 Å². The lowest BCUT2D eigenvalue weighted by molar-refractivity contribution is 0.435. The molecule has 0 fully saturated rings. The second kappa shape index (κ2) is 21.8. The van der Waals surface area contributed by atoms with Gasteiger partial charge in [-0.3, -0.25) is 0 Å².